The van der Waals surface area contributed by atoms with E-state index in [0.717, 1.165) is 62.1 Å². The zero-order valence-electron chi connectivity index (χ0n) is 22.6. The van der Waals surface area contributed by atoms with Crippen molar-refractivity contribution in [2.45, 2.75) is 63.7 Å². The molecule has 206 valence electrons. The molecule has 3 saturated heterocycles. The average molecular weight is 541 g/mol. The van der Waals surface area contributed by atoms with Gasteiger partial charge in [-0.15, -0.1) is 0 Å². The number of hydrogen-bond acceptors (Lipinski definition) is 6. The first-order chi connectivity index (χ1) is 18.5. The summed E-state index contributed by atoms with van der Waals surface area (Å²) in [5, 5.41) is 7.23. The highest BCUT2D eigenvalue weighted by molar-refractivity contribution is 7.80. The van der Waals surface area contributed by atoms with Crippen molar-refractivity contribution >= 4 is 34.9 Å². The summed E-state index contributed by atoms with van der Waals surface area (Å²) in [5.41, 5.74) is 0.945. The summed E-state index contributed by atoms with van der Waals surface area (Å²) in [6.45, 7) is 8.40. The van der Waals surface area contributed by atoms with Gasteiger partial charge in [0.25, 0.3) is 0 Å². The van der Waals surface area contributed by atoms with E-state index < -0.39 is 0 Å². The standard InChI is InChI=1S/C29H41FN6OS/c1-22-10-16-36(17-11-22)26-20-25(35-14-4-2-3-5-15-35)32-27(33-26)34-28(38)31-21-29(12-18-37-19-13-29)23-6-8-24(30)9-7-23/h6-9,20,22H,2-5,10-19,21H2,1H3,(H2,31,32,33,34,38). The van der Waals surface area contributed by atoms with Gasteiger partial charge in [-0.25, -0.2) is 4.39 Å². The van der Waals surface area contributed by atoms with Gasteiger partial charge in [0.1, 0.15) is 17.5 Å². The predicted octanol–water partition coefficient (Wildman–Crippen LogP) is 5.27. The predicted molar refractivity (Wildman–Crippen MR) is 156 cm³/mol. The van der Waals surface area contributed by atoms with Crippen LogP contribution < -0.4 is 20.4 Å². The Morgan fingerprint density at radius 2 is 1.58 bits per heavy atom. The number of nitrogens with zero attached hydrogens (tertiary/aromatic N) is 4. The van der Waals surface area contributed by atoms with Crippen LogP contribution in [-0.2, 0) is 10.2 Å². The van der Waals surface area contributed by atoms with Crippen LogP contribution in [0.2, 0.25) is 0 Å². The molecule has 5 rings (SSSR count). The number of nitrogens with one attached hydrogen (secondary N) is 2. The van der Waals surface area contributed by atoms with Crippen LogP contribution in [0.4, 0.5) is 22.0 Å². The lowest BCUT2D eigenvalue weighted by Crippen LogP contribution is -2.45. The van der Waals surface area contributed by atoms with E-state index in [4.69, 9.17) is 26.9 Å². The first-order valence-corrected chi connectivity index (χ1v) is 14.7. The van der Waals surface area contributed by atoms with E-state index in [2.05, 4.69) is 33.4 Å². The lowest BCUT2D eigenvalue weighted by Gasteiger charge is -2.38. The topological polar surface area (TPSA) is 65.5 Å². The molecule has 38 heavy (non-hydrogen) atoms. The van der Waals surface area contributed by atoms with Crippen molar-refractivity contribution in [1.82, 2.24) is 15.3 Å². The van der Waals surface area contributed by atoms with E-state index in [1.165, 1.54) is 50.7 Å². The molecule has 3 aliphatic heterocycles. The molecule has 3 aliphatic rings. The van der Waals surface area contributed by atoms with Crippen LogP contribution in [0, 0.1) is 11.7 Å². The zero-order chi connectivity index (χ0) is 26.4. The molecule has 9 heteroatoms. The number of anilines is 3. The molecule has 0 aliphatic carbocycles. The van der Waals surface area contributed by atoms with E-state index >= 15 is 0 Å². The highest BCUT2D eigenvalue weighted by Crippen LogP contribution is 2.34. The quantitative estimate of drug-likeness (QED) is 0.481. The van der Waals surface area contributed by atoms with Crippen molar-refractivity contribution in [2.75, 3.05) is 61.1 Å². The molecular formula is C29H41FN6OS. The van der Waals surface area contributed by atoms with Crippen molar-refractivity contribution in [1.29, 1.82) is 0 Å². The Morgan fingerprint density at radius 3 is 2.21 bits per heavy atom. The number of ether oxygens (including phenoxy) is 1. The van der Waals surface area contributed by atoms with Crippen LogP contribution in [0.5, 0.6) is 0 Å². The monoisotopic (exact) mass is 540 g/mol. The van der Waals surface area contributed by atoms with Crippen molar-refractivity contribution in [3.05, 3.63) is 41.7 Å². The second kappa shape index (κ2) is 12.6. The molecule has 0 spiro atoms. The molecule has 1 aromatic heterocycles. The van der Waals surface area contributed by atoms with E-state index in [0.29, 0.717) is 30.8 Å². The molecule has 0 saturated carbocycles. The summed E-state index contributed by atoms with van der Waals surface area (Å²) < 4.78 is 19.3. The smallest absolute Gasteiger partial charge is 0.232 e. The van der Waals surface area contributed by atoms with Gasteiger partial charge < -0.3 is 25.2 Å². The minimum Gasteiger partial charge on any atom is -0.381 e. The third-order valence-corrected chi connectivity index (χ3v) is 8.70. The van der Waals surface area contributed by atoms with Crippen molar-refractivity contribution < 1.29 is 9.13 Å². The maximum Gasteiger partial charge on any atom is 0.232 e. The minimum absolute atomic E-state index is 0.165. The Kier molecular flexibility index (Phi) is 8.94. The van der Waals surface area contributed by atoms with Crippen molar-refractivity contribution in [2.24, 2.45) is 5.92 Å². The average Bonchev–Trinajstić information content (AvgIpc) is 3.23. The molecule has 0 unspecified atom stereocenters. The molecule has 4 heterocycles. The van der Waals surface area contributed by atoms with Gasteiger partial charge in [0.15, 0.2) is 5.11 Å². The van der Waals surface area contributed by atoms with Gasteiger partial charge in [0.05, 0.1) is 0 Å². The Labute approximate surface area is 231 Å². The van der Waals surface area contributed by atoms with Crippen LogP contribution in [-0.4, -0.2) is 61.0 Å². The number of piperidine rings is 1. The Bertz CT molecular complexity index is 1060. The zero-order valence-corrected chi connectivity index (χ0v) is 23.4. The van der Waals surface area contributed by atoms with E-state index in [-0.39, 0.29) is 11.2 Å². The summed E-state index contributed by atoms with van der Waals surface area (Å²) >= 11 is 5.74. The van der Waals surface area contributed by atoms with Crippen molar-refractivity contribution in [3.63, 3.8) is 0 Å². The fraction of sp³-hybridized carbons (Fsp3) is 0.621. The third-order valence-electron chi connectivity index (χ3n) is 8.46. The normalized spacial score (nSPS) is 20.6. The second-order valence-electron chi connectivity index (χ2n) is 11.2. The van der Waals surface area contributed by atoms with E-state index in [1.54, 1.807) is 0 Å². The highest BCUT2D eigenvalue weighted by atomic mass is 32.1. The number of aromatic nitrogens is 2. The number of thiocarbonyl (C=S) groups is 1. The highest BCUT2D eigenvalue weighted by Gasteiger charge is 2.34. The SMILES string of the molecule is CC1CCN(c2cc(N3CCCCCC3)nc(NC(=S)NCC3(c4ccc(F)cc4)CCOCC3)n2)CC1. The van der Waals surface area contributed by atoms with Crippen LogP contribution in [0.25, 0.3) is 0 Å². The van der Waals surface area contributed by atoms with Crippen LogP contribution in [0.15, 0.2) is 30.3 Å². The lowest BCUT2D eigenvalue weighted by molar-refractivity contribution is 0.0515. The molecule has 7 nitrogen and oxygen atoms in total. The molecule has 0 amide bonds. The number of halogens is 1. The maximum absolute atomic E-state index is 13.6. The van der Waals surface area contributed by atoms with Crippen LogP contribution in [0.3, 0.4) is 0 Å². The summed E-state index contributed by atoms with van der Waals surface area (Å²) in [7, 11) is 0. The molecule has 3 fully saturated rings. The number of benzene rings is 1. The fourth-order valence-electron chi connectivity index (χ4n) is 5.87. The molecular weight excluding hydrogens is 499 g/mol. The minimum atomic E-state index is -0.221. The first kappa shape index (κ1) is 27.1. The van der Waals surface area contributed by atoms with E-state index in [9.17, 15) is 4.39 Å². The molecule has 2 N–H and O–H groups in total. The maximum atomic E-state index is 13.6. The van der Waals surface area contributed by atoms with Crippen molar-refractivity contribution in [3.8, 4) is 0 Å². The van der Waals surface area contributed by atoms with Gasteiger partial charge in [-0.05, 0) is 74.4 Å². The fourth-order valence-corrected chi connectivity index (χ4v) is 6.03. The van der Waals surface area contributed by atoms with E-state index in [1.807, 2.05) is 12.1 Å². The summed E-state index contributed by atoms with van der Waals surface area (Å²) in [6.07, 6.45) is 9.01. The summed E-state index contributed by atoms with van der Waals surface area (Å²) in [4.78, 5) is 14.6. The second-order valence-corrected chi connectivity index (χ2v) is 11.6. The van der Waals surface area contributed by atoms with Gasteiger partial charge in [-0.2, -0.15) is 9.97 Å². The van der Waals surface area contributed by atoms with Crippen LogP contribution >= 0.6 is 12.2 Å². The van der Waals surface area contributed by atoms with Gasteiger partial charge in [0, 0.05) is 57.4 Å². The Morgan fingerprint density at radius 1 is 0.974 bits per heavy atom. The van der Waals surface area contributed by atoms with Gasteiger partial charge in [0.2, 0.25) is 5.95 Å². The number of hydrogen-bond donors (Lipinski definition) is 2. The lowest BCUT2D eigenvalue weighted by atomic mass is 9.74. The van der Waals surface area contributed by atoms with Gasteiger partial charge >= 0.3 is 0 Å². The number of rotatable bonds is 6. The van der Waals surface area contributed by atoms with Gasteiger partial charge in [-0.1, -0.05) is 31.9 Å². The molecule has 0 bridgehead atoms. The third kappa shape index (κ3) is 6.72. The first-order valence-electron chi connectivity index (χ1n) is 14.3. The van der Waals surface area contributed by atoms with Gasteiger partial charge in [-0.3, -0.25) is 0 Å². The summed E-state index contributed by atoms with van der Waals surface area (Å²) in [6, 6.07) is 9.01. The van der Waals surface area contributed by atoms with Crippen LogP contribution in [0.1, 0.15) is 63.9 Å². The Hall–Kier alpha value is -2.52. The summed E-state index contributed by atoms with van der Waals surface area (Å²) in [5.74, 6) is 3.03. The largest absolute Gasteiger partial charge is 0.381 e. The molecule has 0 radical (unpaired) electrons. The molecule has 0 atom stereocenters. The molecule has 2 aromatic rings. The Balaban J connectivity index is 1.32. The molecule has 1 aromatic carbocycles.